The molecule has 44 heavy (non-hydrogen) atoms. The molecular weight excluding hydrogens is 550 g/mol. The Labute approximate surface area is 266 Å². The lowest BCUT2D eigenvalue weighted by Crippen LogP contribution is -2.66. The fraction of sp³-hybridized carbons (Fsp3) is 0.868. The minimum atomic E-state index is -0.437. The number of ether oxygens (including phenoxy) is 2. The largest absolute Gasteiger partial charge is 0.467 e. The van der Waals surface area contributed by atoms with Gasteiger partial charge in [0, 0.05) is 18.9 Å². The van der Waals surface area contributed by atoms with Crippen LogP contribution in [0, 0.1) is 56.7 Å². The van der Waals surface area contributed by atoms with Gasteiger partial charge in [0.1, 0.15) is 12.1 Å². The number of nitrogens with zero attached hydrogens (tertiary/aromatic N) is 1. The Kier molecular flexibility index (Phi) is 7.73. The van der Waals surface area contributed by atoms with Gasteiger partial charge in [0.2, 0.25) is 5.91 Å². The predicted molar refractivity (Wildman–Crippen MR) is 171 cm³/mol. The lowest BCUT2D eigenvalue weighted by molar-refractivity contribution is -0.213. The summed E-state index contributed by atoms with van der Waals surface area (Å²) >= 11 is 0. The summed E-state index contributed by atoms with van der Waals surface area (Å²) in [4.78, 5) is 41.6. The molecule has 1 aliphatic heterocycles. The standard InChI is InChI=1S/C38H59NO5/c1-23-14-19-38(33(42)39-22-10-11-27(39)32(41)43-9)21-20-36(7)26(31(38)24(23)2)12-13-29-35(6)17-16-30(44-25(3)40)34(4,5)28(35)15-18-37(29,36)8/h12,23-24,27-31H,10-11,13-22H2,1-9H3/t23-,24+,27+,28+,29-,30+,31+,35+,36-,37-,38+/m1/s1. The Morgan fingerprint density at radius 2 is 1.61 bits per heavy atom. The maximum atomic E-state index is 14.9. The van der Waals surface area contributed by atoms with Gasteiger partial charge in [0.15, 0.2) is 0 Å². The zero-order valence-corrected chi connectivity index (χ0v) is 29.1. The molecule has 0 aromatic heterocycles. The highest BCUT2D eigenvalue weighted by Crippen LogP contribution is 2.76. The first-order valence-corrected chi connectivity index (χ1v) is 17.8. The number of amides is 1. The van der Waals surface area contributed by atoms with Crippen molar-refractivity contribution >= 4 is 17.8 Å². The smallest absolute Gasteiger partial charge is 0.328 e. The van der Waals surface area contributed by atoms with Gasteiger partial charge in [-0.25, -0.2) is 4.79 Å². The third kappa shape index (κ3) is 4.19. The Morgan fingerprint density at radius 1 is 0.886 bits per heavy atom. The topological polar surface area (TPSA) is 72.9 Å². The number of carbonyl (C=O) groups is 3. The molecule has 1 amide bonds. The molecule has 0 spiro atoms. The summed E-state index contributed by atoms with van der Waals surface area (Å²) in [5.74, 6) is 2.08. The minimum absolute atomic E-state index is 0.0157. The highest BCUT2D eigenvalue weighted by molar-refractivity contribution is 5.89. The number of allylic oxidation sites excluding steroid dienone is 2. The van der Waals surface area contributed by atoms with Crippen molar-refractivity contribution in [2.75, 3.05) is 13.7 Å². The summed E-state index contributed by atoms with van der Waals surface area (Å²) in [6.07, 6.45) is 13.6. The second-order valence-electron chi connectivity index (χ2n) is 17.4. The van der Waals surface area contributed by atoms with Crippen molar-refractivity contribution in [3.8, 4) is 0 Å². The number of fused-ring (bicyclic) bond motifs is 7. The van der Waals surface area contributed by atoms with E-state index in [0.29, 0.717) is 36.6 Å². The van der Waals surface area contributed by atoms with Gasteiger partial charge >= 0.3 is 11.9 Å². The maximum absolute atomic E-state index is 14.9. The predicted octanol–water partition coefficient (Wildman–Crippen LogP) is 7.74. The van der Waals surface area contributed by atoms with Crippen LogP contribution in [0.3, 0.4) is 0 Å². The van der Waals surface area contributed by atoms with Crippen LogP contribution in [0.5, 0.6) is 0 Å². The van der Waals surface area contributed by atoms with E-state index < -0.39 is 11.5 Å². The number of methoxy groups -OCH3 is 1. The van der Waals surface area contributed by atoms with Crippen molar-refractivity contribution < 1.29 is 23.9 Å². The molecule has 11 atom stereocenters. The van der Waals surface area contributed by atoms with E-state index >= 15 is 0 Å². The van der Waals surface area contributed by atoms with Crippen LogP contribution in [0.2, 0.25) is 0 Å². The molecule has 5 aliphatic carbocycles. The number of hydrogen-bond acceptors (Lipinski definition) is 5. The summed E-state index contributed by atoms with van der Waals surface area (Å²) < 4.78 is 11.1. The molecule has 0 aromatic rings. The van der Waals surface area contributed by atoms with Gasteiger partial charge in [-0.15, -0.1) is 0 Å². The van der Waals surface area contributed by atoms with Crippen molar-refractivity contribution in [3.05, 3.63) is 11.6 Å². The Hall–Kier alpha value is -1.85. The van der Waals surface area contributed by atoms with Gasteiger partial charge in [-0.2, -0.15) is 0 Å². The second kappa shape index (κ2) is 10.6. The van der Waals surface area contributed by atoms with Gasteiger partial charge in [-0.1, -0.05) is 60.1 Å². The molecule has 0 N–H and O–H groups in total. The Balaban J connectivity index is 1.39. The summed E-state index contributed by atoms with van der Waals surface area (Å²) in [6.45, 7) is 19.5. The highest BCUT2D eigenvalue weighted by Gasteiger charge is 2.70. The summed E-state index contributed by atoms with van der Waals surface area (Å²) in [5.41, 5.74) is 1.44. The summed E-state index contributed by atoms with van der Waals surface area (Å²) in [6, 6.07) is -0.437. The van der Waals surface area contributed by atoms with E-state index in [1.54, 1.807) is 12.5 Å². The molecular formula is C38H59NO5. The first kappa shape index (κ1) is 32.1. The van der Waals surface area contributed by atoms with Crippen molar-refractivity contribution in [1.82, 2.24) is 4.90 Å². The van der Waals surface area contributed by atoms with Crippen LogP contribution >= 0.6 is 0 Å². The fourth-order valence-corrected chi connectivity index (χ4v) is 12.9. The molecule has 5 fully saturated rings. The average molecular weight is 610 g/mol. The van der Waals surface area contributed by atoms with Gasteiger partial charge in [0.05, 0.1) is 12.5 Å². The quantitative estimate of drug-likeness (QED) is 0.242. The monoisotopic (exact) mass is 609 g/mol. The number of likely N-dealkylation sites (tertiary alicyclic amines) is 1. The van der Waals surface area contributed by atoms with E-state index in [-0.39, 0.29) is 51.5 Å². The van der Waals surface area contributed by atoms with Crippen LogP contribution < -0.4 is 0 Å². The van der Waals surface area contributed by atoms with E-state index in [4.69, 9.17) is 9.47 Å². The van der Waals surface area contributed by atoms with Crippen molar-refractivity contribution in [3.63, 3.8) is 0 Å². The SMILES string of the molecule is COC(=O)[C@@H]1CCCN1C(=O)[C@]12CC[C@@H](C)[C@H](C)[C@H]1C1=CC[C@@H]3[C@@]4(C)CC[C@H](OC(C)=O)C(C)(C)[C@@H]4CC[C@@]3(C)[C@]1(C)CC2. The maximum Gasteiger partial charge on any atom is 0.328 e. The summed E-state index contributed by atoms with van der Waals surface area (Å²) in [5, 5.41) is 0. The van der Waals surface area contributed by atoms with Crippen molar-refractivity contribution in [1.29, 1.82) is 0 Å². The van der Waals surface area contributed by atoms with Crippen LogP contribution in [0.15, 0.2) is 11.6 Å². The molecule has 6 rings (SSSR count). The third-order valence-electron chi connectivity index (χ3n) is 15.6. The third-order valence-corrected chi connectivity index (χ3v) is 15.6. The molecule has 4 saturated carbocycles. The molecule has 0 bridgehead atoms. The van der Waals surface area contributed by atoms with Crippen LogP contribution in [0.25, 0.3) is 0 Å². The molecule has 6 heteroatoms. The number of esters is 2. The van der Waals surface area contributed by atoms with E-state index in [1.807, 2.05) is 4.90 Å². The van der Waals surface area contributed by atoms with Gasteiger partial charge in [-0.05, 0) is 116 Å². The van der Waals surface area contributed by atoms with Crippen molar-refractivity contribution in [2.45, 2.75) is 138 Å². The number of rotatable bonds is 3. The zero-order valence-electron chi connectivity index (χ0n) is 29.1. The molecule has 246 valence electrons. The van der Waals surface area contributed by atoms with Gasteiger partial charge in [-0.3, -0.25) is 9.59 Å². The molecule has 0 aromatic carbocycles. The van der Waals surface area contributed by atoms with Crippen LogP contribution in [-0.2, 0) is 23.9 Å². The lowest BCUT2D eigenvalue weighted by Gasteiger charge is -2.71. The van der Waals surface area contributed by atoms with Crippen LogP contribution in [0.1, 0.15) is 126 Å². The van der Waals surface area contributed by atoms with E-state index in [1.165, 1.54) is 13.5 Å². The van der Waals surface area contributed by atoms with Crippen molar-refractivity contribution in [2.24, 2.45) is 56.7 Å². The molecule has 0 unspecified atom stereocenters. The lowest BCUT2D eigenvalue weighted by atomic mass is 9.33. The normalized spacial score (nSPS) is 47.7. The van der Waals surface area contributed by atoms with Crippen LogP contribution in [-0.4, -0.2) is 48.5 Å². The molecule has 0 radical (unpaired) electrons. The Bertz CT molecular complexity index is 1240. The molecule has 6 nitrogen and oxygen atoms in total. The summed E-state index contributed by atoms with van der Waals surface area (Å²) in [7, 11) is 1.45. The number of carbonyl (C=O) groups excluding carboxylic acids is 3. The Morgan fingerprint density at radius 3 is 2.30 bits per heavy atom. The van der Waals surface area contributed by atoms with Crippen LogP contribution in [0.4, 0.5) is 0 Å². The van der Waals surface area contributed by atoms with E-state index in [0.717, 1.165) is 57.8 Å². The van der Waals surface area contributed by atoms with Gasteiger partial charge < -0.3 is 14.4 Å². The average Bonchev–Trinajstić information content (AvgIpc) is 3.46. The van der Waals surface area contributed by atoms with E-state index in [2.05, 4.69) is 54.5 Å². The zero-order chi connectivity index (χ0) is 32.0. The number of hydrogen-bond donors (Lipinski definition) is 0. The fourth-order valence-electron chi connectivity index (χ4n) is 12.9. The molecule has 1 saturated heterocycles. The minimum Gasteiger partial charge on any atom is -0.467 e. The van der Waals surface area contributed by atoms with E-state index in [9.17, 15) is 14.4 Å². The first-order valence-electron chi connectivity index (χ1n) is 17.8. The molecule has 1 heterocycles. The first-order chi connectivity index (χ1) is 20.6. The molecule has 6 aliphatic rings. The van der Waals surface area contributed by atoms with Gasteiger partial charge in [0.25, 0.3) is 0 Å². The highest BCUT2D eigenvalue weighted by atomic mass is 16.5. The second-order valence-corrected chi connectivity index (χ2v) is 17.4.